The average molecular weight is 278 g/mol. The summed E-state index contributed by atoms with van der Waals surface area (Å²) in [7, 11) is 3.26. The number of benzene rings is 1. The van der Waals surface area contributed by atoms with Crippen molar-refractivity contribution in [1.29, 1.82) is 0 Å². The second kappa shape index (κ2) is 5.81. The summed E-state index contributed by atoms with van der Waals surface area (Å²) in [6.07, 6.45) is 4.92. The summed E-state index contributed by atoms with van der Waals surface area (Å²) < 4.78 is 10.6. The van der Waals surface area contributed by atoms with Gasteiger partial charge < -0.3 is 20.5 Å². The van der Waals surface area contributed by atoms with Gasteiger partial charge in [-0.05, 0) is 24.7 Å². The van der Waals surface area contributed by atoms with Crippen molar-refractivity contribution < 1.29 is 9.47 Å². The molecule has 1 atom stereocenters. The highest BCUT2D eigenvalue weighted by molar-refractivity contribution is 5.72. The number of anilines is 2. The van der Waals surface area contributed by atoms with Crippen molar-refractivity contribution in [3.8, 4) is 11.5 Å². The van der Waals surface area contributed by atoms with E-state index in [4.69, 9.17) is 15.2 Å². The van der Waals surface area contributed by atoms with E-state index in [2.05, 4.69) is 19.2 Å². The van der Waals surface area contributed by atoms with Gasteiger partial charge in [-0.25, -0.2) is 0 Å². The van der Waals surface area contributed by atoms with Crippen molar-refractivity contribution in [3.05, 3.63) is 12.1 Å². The molecule has 4 heteroatoms. The lowest BCUT2D eigenvalue weighted by Gasteiger charge is -2.36. The predicted octanol–water partition coefficient (Wildman–Crippen LogP) is 3.67. The van der Waals surface area contributed by atoms with Gasteiger partial charge in [0.2, 0.25) is 0 Å². The quantitative estimate of drug-likeness (QED) is 0.825. The molecular formula is C16H26N2O2. The minimum atomic E-state index is 0.404. The first kappa shape index (κ1) is 14.8. The Hall–Kier alpha value is -1.58. The summed E-state index contributed by atoms with van der Waals surface area (Å²) in [5.74, 6) is 1.37. The monoisotopic (exact) mass is 278 g/mol. The Balaban J connectivity index is 2.16. The van der Waals surface area contributed by atoms with Crippen LogP contribution in [-0.2, 0) is 0 Å². The number of hydrogen-bond acceptors (Lipinski definition) is 4. The van der Waals surface area contributed by atoms with E-state index in [9.17, 15) is 0 Å². The van der Waals surface area contributed by atoms with E-state index in [1.165, 1.54) is 25.7 Å². The average Bonchev–Trinajstić information content (AvgIpc) is 2.39. The molecule has 1 aromatic rings. The molecule has 1 saturated carbocycles. The molecule has 0 heterocycles. The third-order valence-electron chi connectivity index (χ3n) is 4.12. The molecule has 0 aliphatic heterocycles. The van der Waals surface area contributed by atoms with Crippen LogP contribution in [0.25, 0.3) is 0 Å². The Morgan fingerprint density at radius 3 is 2.45 bits per heavy atom. The van der Waals surface area contributed by atoms with Crippen molar-refractivity contribution in [1.82, 2.24) is 0 Å². The van der Waals surface area contributed by atoms with Crippen LogP contribution in [0.3, 0.4) is 0 Å². The molecule has 0 bridgehead atoms. The van der Waals surface area contributed by atoms with Crippen LogP contribution in [0.15, 0.2) is 12.1 Å². The fraction of sp³-hybridized carbons (Fsp3) is 0.625. The van der Waals surface area contributed by atoms with Crippen LogP contribution in [-0.4, -0.2) is 20.3 Å². The fourth-order valence-electron chi connectivity index (χ4n) is 3.06. The van der Waals surface area contributed by atoms with Crippen molar-refractivity contribution in [3.63, 3.8) is 0 Å². The summed E-state index contributed by atoms with van der Waals surface area (Å²) in [6.45, 7) is 4.66. The van der Waals surface area contributed by atoms with Crippen LogP contribution < -0.4 is 20.5 Å². The van der Waals surface area contributed by atoms with E-state index >= 15 is 0 Å². The first-order valence-corrected chi connectivity index (χ1v) is 7.23. The Labute approximate surface area is 121 Å². The molecule has 1 fully saturated rings. The van der Waals surface area contributed by atoms with Crippen LogP contribution in [0.4, 0.5) is 11.4 Å². The van der Waals surface area contributed by atoms with E-state index in [1.54, 1.807) is 14.2 Å². The van der Waals surface area contributed by atoms with Gasteiger partial charge in [0.25, 0.3) is 0 Å². The van der Waals surface area contributed by atoms with Crippen LogP contribution in [0.2, 0.25) is 0 Å². The number of nitrogens with one attached hydrogen (secondary N) is 1. The van der Waals surface area contributed by atoms with Crippen LogP contribution in [0, 0.1) is 5.41 Å². The molecule has 112 valence electrons. The molecule has 1 aromatic carbocycles. The minimum absolute atomic E-state index is 0.404. The van der Waals surface area contributed by atoms with Gasteiger partial charge in [0.1, 0.15) is 0 Å². The number of rotatable bonds is 4. The lowest BCUT2D eigenvalue weighted by Crippen LogP contribution is -2.32. The molecule has 0 saturated heterocycles. The molecule has 0 spiro atoms. The highest BCUT2D eigenvalue weighted by Gasteiger charge is 2.28. The minimum Gasteiger partial charge on any atom is -0.493 e. The smallest absolute Gasteiger partial charge is 0.162 e. The van der Waals surface area contributed by atoms with Gasteiger partial charge in [-0.3, -0.25) is 0 Å². The molecule has 0 aromatic heterocycles. The Kier molecular flexibility index (Phi) is 4.31. The second-order valence-electron chi connectivity index (χ2n) is 6.40. The maximum atomic E-state index is 6.11. The highest BCUT2D eigenvalue weighted by Crippen LogP contribution is 2.39. The van der Waals surface area contributed by atoms with E-state index < -0.39 is 0 Å². The lowest BCUT2D eigenvalue weighted by atomic mass is 9.75. The molecular weight excluding hydrogens is 252 g/mol. The third-order valence-corrected chi connectivity index (χ3v) is 4.12. The summed E-state index contributed by atoms with van der Waals surface area (Å²) in [4.78, 5) is 0. The largest absolute Gasteiger partial charge is 0.493 e. The molecule has 0 amide bonds. The topological polar surface area (TPSA) is 56.5 Å². The normalized spacial score (nSPS) is 21.3. The summed E-state index contributed by atoms with van der Waals surface area (Å²) >= 11 is 0. The van der Waals surface area contributed by atoms with E-state index in [-0.39, 0.29) is 0 Å². The van der Waals surface area contributed by atoms with Gasteiger partial charge in [0.15, 0.2) is 11.5 Å². The van der Waals surface area contributed by atoms with E-state index in [0.29, 0.717) is 28.6 Å². The maximum absolute atomic E-state index is 6.11. The van der Waals surface area contributed by atoms with E-state index in [1.807, 2.05) is 12.1 Å². The van der Waals surface area contributed by atoms with Gasteiger partial charge in [0, 0.05) is 18.2 Å². The number of hydrogen-bond donors (Lipinski definition) is 2. The van der Waals surface area contributed by atoms with Gasteiger partial charge in [-0.15, -0.1) is 0 Å². The molecule has 2 rings (SSSR count). The molecule has 1 unspecified atom stereocenters. The molecule has 4 nitrogen and oxygen atoms in total. The molecule has 0 radical (unpaired) electrons. The maximum Gasteiger partial charge on any atom is 0.162 e. The Morgan fingerprint density at radius 2 is 1.85 bits per heavy atom. The summed E-state index contributed by atoms with van der Waals surface area (Å²) in [5, 5.41) is 3.57. The van der Waals surface area contributed by atoms with Crippen molar-refractivity contribution in [2.75, 3.05) is 25.3 Å². The number of methoxy groups -OCH3 is 2. The van der Waals surface area contributed by atoms with Gasteiger partial charge in [0.05, 0.1) is 25.6 Å². The zero-order chi connectivity index (χ0) is 14.8. The number of nitrogen functional groups attached to an aromatic ring is 1. The third kappa shape index (κ3) is 3.30. The van der Waals surface area contributed by atoms with Crippen LogP contribution in [0.5, 0.6) is 11.5 Å². The number of nitrogens with two attached hydrogens (primary N) is 1. The fourth-order valence-corrected chi connectivity index (χ4v) is 3.06. The zero-order valence-corrected chi connectivity index (χ0v) is 13.0. The Morgan fingerprint density at radius 1 is 1.20 bits per heavy atom. The zero-order valence-electron chi connectivity index (χ0n) is 13.0. The molecule has 1 aliphatic rings. The van der Waals surface area contributed by atoms with E-state index in [0.717, 1.165) is 5.69 Å². The molecule has 1 aliphatic carbocycles. The first-order valence-electron chi connectivity index (χ1n) is 7.23. The van der Waals surface area contributed by atoms with Crippen molar-refractivity contribution in [2.24, 2.45) is 5.41 Å². The van der Waals surface area contributed by atoms with Gasteiger partial charge in [-0.2, -0.15) is 0 Å². The number of ether oxygens (including phenoxy) is 2. The second-order valence-corrected chi connectivity index (χ2v) is 6.40. The Bertz CT molecular complexity index is 472. The van der Waals surface area contributed by atoms with Crippen LogP contribution >= 0.6 is 0 Å². The standard InChI is InChI=1S/C16H26N2O2/c1-16(2)7-5-6-11(10-16)18-13-9-15(20-4)14(19-3)8-12(13)17/h8-9,11,18H,5-7,10,17H2,1-4H3. The van der Waals surface area contributed by atoms with Crippen LogP contribution in [0.1, 0.15) is 39.5 Å². The summed E-state index contributed by atoms with van der Waals surface area (Å²) in [6, 6.07) is 4.21. The SMILES string of the molecule is COc1cc(N)c(NC2CCCC(C)(C)C2)cc1OC. The van der Waals surface area contributed by atoms with Gasteiger partial charge >= 0.3 is 0 Å². The lowest BCUT2D eigenvalue weighted by molar-refractivity contribution is 0.229. The molecule has 3 N–H and O–H groups in total. The van der Waals surface area contributed by atoms with Crippen molar-refractivity contribution in [2.45, 2.75) is 45.6 Å². The first-order chi connectivity index (χ1) is 9.45. The highest BCUT2D eigenvalue weighted by atomic mass is 16.5. The predicted molar refractivity (Wildman–Crippen MR) is 83.6 cm³/mol. The summed E-state index contributed by atoms with van der Waals surface area (Å²) in [5.41, 5.74) is 8.15. The van der Waals surface area contributed by atoms with Gasteiger partial charge in [-0.1, -0.05) is 20.3 Å². The molecule has 20 heavy (non-hydrogen) atoms. The van der Waals surface area contributed by atoms with Crippen molar-refractivity contribution >= 4 is 11.4 Å².